The lowest BCUT2D eigenvalue weighted by molar-refractivity contribution is -0.285. The lowest BCUT2D eigenvalue weighted by atomic mass is 9.45. The Bertz CT molecular complexity index is 583. The van der Waals surface area contributed by atoms with Crippen LogP contribution in [0.3, 0.4) is 0 Å². The summed E-state index contributed by atoms with van der Waals surface area (Å²) in [4.78, 5) is 0. The van der Waals surface area contributed by atoms with Gasteiger partial charge in [0.1, 0.15) is 0 Å². The molecule has 4 rings (SSSR count). The zero-order valence-corrected chi connectivity index (χ0v) is 14.5. The Morgan fingerprint density at radius 1 is 1.13 bits per heavy atom. The van der Waals surface area contributed by atoms with Crippen LogP contribution in [0.25, 0.3) is 0 Å². The van der Waals surface area contributed by atoms with Crippen LogP contribution in [0.1, 0.15) is 65.2 Å². The van der Waals surface area contributed by atoms with Crippen molar-refractivity contribution >= 4 is 0 Å². The van der Waals surface area contributed by atoms with E-state index >= 15 is 0 Å². The molecular weight excluding hydrogens is 284 g/mol. The predicted molar refractivity (Wildman–Crippen MR) is 91.2 cm³/mol. The summed E-state index contributed by atoms with van der Waals surface area (Å²) in [6.07, 6.45) is 17.1. The standard InChI is InChI=1S/C21H30O2/c1-4-14-7-8-15-9-10-16-17-6-5-12-19(17,2)13-11-18(16)20(15,3)21(14,22)23/h1,9,14,16-18,22-23H,5-8,10-13H2,2-3H3/t14?,16-,17-,18-,19-,20-/m0/s1. The van der Waals surface area contributed by atoms with Gasteiger partial charge in [-0.25, -0.2) is 0 Å². The van der Waals surface area contributed by atoms with Gasteiger partial charge in [-0.05, 0) is 68.1 Å². The third-order valence-electron chi connectivity index (χ3n) is 8.42. The quantitative estimate of drug-likeness (QED) is 0.405. The molecule has 2 heteroatoms. The minimum absolute atomic E-state index is 0.366. The highest BCUT2D eigenvalue weighted by Crippen LogP contribution is 2.66. The minimum Gasteiger partial charge on any atom is -0.364 e. The monoisotopic (exact) mass is 314 g/mol. The van der Waals surface area contributed by atoms with Crippen molar-refractivity contribution in [3.05, 3.63) is 11.6 Å². The van der Waals surface area contributed by atoms with E-state index in [2.05, 4.69) is 25.8 Å². The molecule has 0 heterocycles. The second-order valence-electron chi connectivity index (χ2n) is 9.11. The van der Waals surface area contributed by atoms with Crippen molar-refractivity contribution in [1.82, 2.24) is 0 Å². The average molecular weight is 314 g/mol. The first-order valence-corrected chi connectivity index (χ1v) is 9.45. The van der Waals surface area contributed by atoms with E-state index in [0.717, 1.165) is 25.2 Å². The molecule has 0 spiro atoms. The second kappa shape index (κ2) is 4.87. The van der Waals surface area contributed by atoms with Gasteiger partial charge in [0.15, 0.2) is 5.79 Å². The van der Waals surface area contributed by atoms with Crippen molar-refractivity contribution in [3.8, 4) is 12.3 Å². The molecule has 0 bridgehead atoms. The Balaban J connectivity index is 1.78. The number of allylic oxidation sites excluding steroid dienone is 1. The number of aliphatic hydroxyl groups is 2. The Morgan fingerprint density at radius 2 is 1.91 bits per heavy atom. The summed E-state index contributed by atoms with van der Waals surface area (Å²) < 4.78 is 0. The SMILES string of the molecule is C#CC1CCC2=CC[C@H]3[C@@H]4CCC[C@@]4(C)CC[C@@H]3[C@@]2(C)C1(O)O. The maximum absolute atomic E-state index is 11.1. The summed E-state index contributed by atoms with van der Waals surface area (Å²) >= 11 is 0. The molecule has 2 nitrogen and oxygen atoms in total. The molecule has 4 aliphatic carbocycles. The molecule has 4 aliphatic rings. The van der Waals surface area contributed by atoms with Gasteiger partial charge in [-0.2, -0.15) is 0 Å². The molecule has 0 amide bonds. The van der Waals surface area contributed by atoms with Crippen LogP contribution in [0.4, 0.5) is 0 Å². The van der Waals surface area contributed by atoms with E-state index in [1.165, 1.54) is 31.3 Å². The van der Waals surface area contributed by atoms with E-state index in [4.69, 9.17) is 6.42 Å². The number of terminal acetylenes is 1. The highest BCUT2D eigenvalue weighted by atomic mass is 16.5. The van der Waals surface area contributed by atoms with Crippen LogP contribution in [-0.4, -0.2) is 16.0 Å². The summed E-state index contributed by atoms with van der Waals surface area (Å²) in [5, 5.41) is 22.2. The Kier molecular flexibility index (Phi) is 3.33. The first-order chi connectivity index (χ1) is 10.8. The smallest absolute Gasteiger partial charge is 0.186 e. The van der Waals surface area contributed by atoms with Crippen LogP contribution in [0, 0.1) is 46.8 Å². The molecule has 2 N–H and O–H groups in total. The first kappa shape index (κ1) is 15.7. The highest BCUT2D eigenvalue weighted by Gasteiger charge is 2.64. The molecule has 0 aromatic carbocycles. The van der Waals surface area contributed by atoms with Gasteiger partial charge in [0.25, 0.3) is 0 Å². The van der Waals surface area contributed by atoms with Crippen molar-refractivity contribution < 1.29 is 10.2 Å². The summed E-state index contributed by atoms with van der Waals surface area (Å²) in [5.74, 6) is 2.18. The lowest BCUT2D eigenvalue weighted by Crippen LogP contribution is -2.62. The van der Waals surface area contributed by atoms with E-state index in [1.54, 1.807) is 0 Å². The van der Waals surface area contributed by atoms with Crippen molar-refractivity contribution in [1.29, 1.82) is 0 Å². The topological polar surface area (TPSA) is 40.5 Å². The van der Waals surface area contributed by atoms with Crippen molar-refractivity contribution in [2.24, 2.45) is 34.5 Å². The number of fused-ring (bicyclic) bond motifs is 5. The Labute approximate surface area is 140 Å². The maximum atomic E-state index is 11.1. The fourth-order valence-electron chi connectivity index (χ4n) is 6.99. The first-order valence-electron chi connectivity index (χ1n) is 9.45. The molecule has 1 unspecified atom stereocenters. The maximum Gasteiger partial charge on any atom is 0.186 e. The van der Waals surface area contributed by atoms with Crippen LogP contribution >= 0.6 is 0 Å². The molecule has 23 heavy (non-hydrogen) atoms. The van der Waals surface area contributed by atoms with Gasteiger partial charge >= 0.3 is 0 Å². The van der Waals surface area contributed by atoms with Crippen LogP contribution in [-0.2, 0) is 0 Å². The van der Waals surface area contributed by atoms with E-state index < -0.39 is 17.1 Å². The number of hydrogen-bond acceptors (Lipinski definition) is 2. The third kappa shape index (κ3) is 1.84. The van der Waals surface area contributed by atoms with Crippen molar-refractivity contribution in [3.63, 3.8) is 0 Å². The molecule has 0 aromatic rings. The van der Waals surface area contributed by atoms with Crippen molar-refractivity contribution in [2.45, 2.75) is 71.0 Å². The van der Waals surface area contributed by atoms with E-state index in [-0.39, 0.29) is 0 Å². The van der Waals surface area contributed by atoms with Gasteiger partial charge in [0.2, 0.25) is 0 Å². The fraction of sp³-hybridized carbons (Fsp3) is 0.810. The summed E-state index contributed by atoms with van der Waals surface area (Å²) in [6, 6.07) is 0. The Morgan fingerprint density at radius 3 is 2.65 bits per heavy atom. The third-order valence-corrected chi connectivity index (χ3v) is 8.42. The lowest BCUT2D eigenvalue weighted by Gasteiger charge is -2.61. The van der Waals surface area contributed by atoms with Gasteiger partial charge in [-0.3, -0.25) is 0 Å². The number of hydrogen-bond donors (Lipinski definition) is 2. The Hall–Kier alpha value is -0.780. The molecule has 0 saturated heterocycles. The van der Waals surface area contributed by atoms with Crippen molar-refractivity contribution in [2.75, 3.05) is 0 Å². The van der Waals surface area contributed by atoms with Gasteiger partial charge < -0.3 is 10.2 Å². The minimum atomic E-state index is -1.76. The summed E-state index contributed by atoms with van der Waals surface area (Å²) in [5.41, 5.74) is 1.18. The summed E-state index contributed by atoms with van der Waals surface area (Å²) in [7, 11) is 0. The van der Waals surface area contributed by atoms with E-state index in [9.17, 15) is 10.2 Å². The second-order valence-corrected chi connectivity index (χ2v) is 9.11. The van der Waals surface area contributed by atoms with E-state index in [0.29, 0.717) is 23.7 Å². The molecule has 126 valence electrons. The van der Waals surface area contributed by atoms with Gasteiger partial charge in [-0.15, -0.1) is 6.42 Å². The van der Waals surface area contributed by atoms with Gasteiger partial charge in [0.05, 0.1) is 5.92 Å². The van der Waals surface area contributed by atoms with Crippen LogP contribution in [0.2, 0.25) is 0 Å². The zero-order chi connectivity index (χ0) is 16.5. The van der Waals surface area contributed by atoms with Crippen LogP contribution < -0.4 is 0 Å². The molecule has 6 atom stereocenters. The molecule has 3 saturated carbocycles. The molecule has 3 fully saturated rings. The average Bonchev–Trinajstić information content (AvgIpc) is 2.90. The number of rotatable bonds is 0. The van der Waals surface area contributed by atoms with Crippen LogP contribution in [0.5, 0.6) is 0 Å². The largest absolute Gasteiger partial charge is 0.364 e. The predicted octanol–water partition coefficient (Wildman–Crippen LogP) is 3.88. The van der Waals surface area contributed by atoms with Crippen LogP contribution in [0.15, 0.2) is 11.6 Å². The summed E-state index contributed by atoms with van der Waals surface area (Å²) in [6.45, 7) is 4.56. The molecule has 0 radical (unpaired) electrons. The molecule has 0 aliphatic heterocycles. The molecular formula is C21H30O2. The van der Waals surface area contributed by atoms with Gasteiger partial charge in [-0.1, -0.05) is 37.8 Å². The molecule has 0 aromatic heterocycles. The fourth-order valence-corrected chi connectivity index (χ4v) is 6.99. The normalized spacial score (nSPS) is 51.0. The van der Waals surface area contributed by atoms with Gasteiger partial charge in [0, 0.05) is 5.41 Å². The highest BCUT2D eigenvalue weighted by molar-refractivity contribution is 5.31. The van der Waals surface area contributed by atoms with E-state index in [1.807, 2.05) is 0 Å². The zero-order valence-electron chi connectivity index (χ0n) is 14.5.